The fourth-order valence-electron chi connectivity index (χ4n) is 3.55. The van der Waals surface area contributed by atoms with Crippen LogP contribution in [-0.2, 0) is 0 Å². The van der Waals surface area contributed by atoms with Gasteiger partial charge in [0.05, 0.1) is 35.2 Å². The van der Waals surface area contributed by atoms with E-state index in [1.165, 1.54) is 6.20 Å². The summed E-state index contributed by atoms with van der Waals surface area (Å²) in [5, 5.41) is 17.5. The van der Waals surface area contributed by atoms with E-state index in [4.69, 9.17) is 5.11 Å². The van der Waals surface area contributed by atoms with E-state index < -0.39 is 5.97 Å². The molecule has 3 heterocycles. The molecule has 1 saturated heterocycles. The first kappa shape index (κ1) is 18.0. The van der Waals surface area contributed by atoms with Gasteiger partial charge in [-0.1, -0.05) is 18.2 Å². The SMILES string of the molecule is Cc1ccccc1-n1cc(C(=O)N2CCC(n3cc(C(=O)O)cn3)CC2)cn1. The summed E-state index contributed by atoms with van der Waals surface area (Å²) in [6, 6.07) is 8.00. The predicted octanol–water partition coefficient (Wildman–Crippen LogP) is 2.55. The minimum Gasteiger partial charge on any atom is -0.478 e. The van der Waals surface area contributed by atoms with Crippen molar-refractivity contribution in [3.05, 3.63) is 65.7 Å². The van der Waals surface area contributed by atoms with E-state index in [-0.39, 0.29) is 17.5 Å². The Labute approximate surface area is 162 Å². The summed E-state index contributed by atoms with van der Waals surface area (Å²) in [5.74, 6) is -1.02. The number of likely N-dealkylation sites (tertiary alicyclic amines) is 1. The molecule has 0 unspecified atom stereocenters. The minimum atomic E-state index is -0.982. The van der Waals surface area contributed by atoms with Crippen molar-refractivity contribution in [3.8, 4) is 5.69 Å². The van der Waals surface area contributed by atoms with Crippen LogP contribution in [0.25, 0.3) is 5.69 Å². The monoisotopic (exact) mass is 379 g/mol. The highest BCUT2D eigenvalue weighted by atomic mass is 16.4. The molecule has 0 bridgehead atoms. The number of amides is 1. The van der Waals surface area contributed by atoms with Gasteiger partial charge >= 0.3 is 5.97 Å². The third kappa shape index (κ3) is 3.40. The number of piperidine rings is 1. The van der Waals surface area contributed by atoms with Crippen LogP contribution in [0.2, 0.25) is 0 Å². The third-order valence-electron chi connectivity index (χ3n) is 5.17. The first-order valence-corrected chi connectivity index (χ1v) is 9.20. The fraction of sp³-hybridized carbons (Fsp3) is 0.300. The van der Waals surface area contributed by atoms with Crippen LogP contribution >= 0.6 is 0 Å². The van der Waals surface area contributed by atoms with Gasteiger partial charge in [-0.05, 0) is 31.4 Å². The Kier molecular flexibility index (Phi) is 4.68. The number of benzene rings is 1. The van der Waals surface area contributed by atoms with Crippen LogP contribution in [0.5, 0.6) is 0 Å². The lowest BCUT2D eigenvalue weighted by Gasteiger charge is -2.31. The molecular formula is C20H21N5O3. The maximum atomic E-state index is 12.8. The highest BCUT2D eigenvalue weighted by Gasteiger charge is 2.26. The number of carboxylic acid groups (broad SMARTS) is 1. The molecule has 0 aliphatic carbocycles. The zero-order valence-electron chi connectivity index (χ0n) is 15.5. The Hall–Kier alpha value is -3.42. The lowest BCUT2D eigenvalue weighted by Crippen LogP contribution is -2.39. The molecule has 1 aromatic carbocycles. The van der Waals surface area contributed by atoms with Crippen molar-refractivity contribution in [1.29, 1.82) is 0 Å². The third-order valence-corrected chi connectivity index (χ3v) is 5.17. The molecule has 1 fully saturated rings. The van der Waals surface area contributed by atoms with Crippen molar-refractivity contribution < 1.29 is 14.7 Å². The molecule has 0 radical (unpaired) electrons. The van der Waals surface area contributed by atoms with Gasteiger partial charge in [0.25, 0.3) is 5.91 Å². The number of hydrogen-bond acceptors (Lipinski definition) is 4. The molecule has 0 atom stereocenters. The second-order valence-electron chi connectivity index (χ2n) is 7.00. The number of carboxylic acids is 1. The summed E-state index contributed by atoms with van der Waals surface area (Å²) >= 11 is 0. The zero-order valence-corrected chi connectivity index (χ0v) is 15.5. The molecule has 144 valence electrons. The van der Waals surface area contributed by atoms with Crippen molar-refractivity contribution in [2.24, 2.45) is 0 Å². The Bertz CT molecular complexity index is 1010. The first-order chi connectivity index (χ1) is 13.5. The van der Waals surface area contributed by atoms with Crippen LogP contribution in [0.15, 0.2) is 49.1 Å². The summed E-state index contributed by atoms with van der Waals surface area (Å²) in [4.78, 5) is 25.7. The number of aryl methyl sites for hydroxylation is 1. The van der Waals surface area contributed by atoms with Gasteiger partial charge < -0.3 is 10.0 Å². The molecule has 1 aliphatic rings. The van der Waals surface area contributed by atoms with E-state index in [9.17, 15) is 9.59 Å². The Morgan fingerprint density at radius 3 is 2.43 bits per heavy atom. The van der Waals surface area contributed by atoms with Crippen molar-refractivity contribution in [1.82, 2.24) is 24.5 Å². The molecule has 1 N–H and O–H groups in total. The molecule has 1 amide bonds. The molecular weight excluding hydrogens is 358 g/mol. The summed E-state index contributed by atoms with van der Waals surface area (Å²) in [6.07, 6.45) is 7.75. The maximum absolute atomic E-state index is 12.8. The van der Waals surface area contributed by atoms with E-state index in [1.54, 1.807) is 28.0 Å². The zero-order chi connectivity index (χ0) is 19.7. The van der Waals surface area contributed by atoms with Crippen molar-refractivity contribution in [3.63, 3.8) is 0 Å². The molecule has 3 aromatic rings. The van der Waals surface area contributed by atoms with Gasteiger partial charge in [0, 0.05) is 25.5 Å². The maximum Gasteiger partial charge on any atom is 0.338 e. The van der Waals surface area contributed by atoms with Gasteiger partial charge in [0.1, 0.15) is 0 Å². The number of rotatable bonds is 4. The normalized spacial score (nSPS) is 15.0. The first-order valence-electron chi connectivity index (χ1n) is 9.20. The quantitative estimate of drug-likeness (QED) is 0.752. The van der Waals surface area contributed by atoms with Gasteiger partial charge in [0.2, 0.25) is 0 Å². The lowest BCUT2D eigenvalue weighted by molar-refractivity contribution is 0.0688. The van der Waals surface area contributed by atoms with Crippen molar-refractivity contribution >= 4 is 11.9 Å². The highest BCUT2D eigenvalue weighted by Crippen LogP contribution is 2.24. The van der Waals surface area contributed by atoms with Gasteiger partial charge in [-0.15, -0.1) is 0 Å². The Morgan fingerprint density at radius 2 is 1.75 bits per heavy atom. The van der Waals surface area contributed by atoms with Gasteiger partial charge in [0.15, 0.2) is 0 Å². The largest absolute Gasteiger partial charge is 0.478 e. The Morgan fingerprint density at radius 1 is 1.04 bits per heavy atom. The fourth-order valence-corrected chi connectivity index (χ4v) is 3.55. The second kappa shape index (κ2) is 7.30. The number of hydrogen-bond donors (Lipinski definition) is 1. The number of aromatic nitrogens is 4. The minimum absolute atomic E-state index is 0.0371. The topological polar surface area (TPSA) is 93.2 Å². The Balaban J connectivity index is 1.42. The summed E-state index contributed by atoms with van der Waals surface area (Å²) in [5.41, 5.74) is 2.79. The van der Waals surface area contributed by atoms with Crippen LogP contribution < -0.4 is 0 Å². The summed E-state index contributed by atoms with van der Waals surface area (Å²) in [6.45, 7) is 3.21. The smallest absolute Gasteiger partial charge is 0.338 e. The van der Waals surface area contributed by atoms with E-state index in [1.807, 2.05) is 36.1 Å². The molecule has 8 nitrogen and oxygen atoms in total. The average Bonchev–Trinajstić information content (AvgIpc) is 3.38. The van der Waals surface area contributed by atoms with E-state index >= 15 is 0 Å². The molecule has 2 aromatic heterocycles. The van der Waals surface area contributed by atoms with Crippen LogP contribution in [0.4, 0.5) is 0 Å². The van der Waals surface area contributed by atoms with Crippen molar-refractivity contribution in [2.45, 2.75) is 25.8 Å². The lowest BCUT2D eigenvalue weighted by atomic mass is 10.0. The van der Waals surface area contributed by atoms with Crippen LogP contribution in [0.3, 0.4) is 0 Å². The van der Waals surface area contributed by atoms with Crippen LogP contribution in [0.1, 0.15) is 45.2 Å². The predicted molar refractivity (Wildman–Crippen MR) is 102 cm³/mol. The molecule has 1 aliphatic heterocycles. The standard InChI is InChI=1S/C20H21N5O3/c1-14-4-2-3-5-18(14)25-12-15(10-22-25)19(26)23-8-6-17(7-9-23)24-13-16(11-21-24)20(27)28/h2-5,10-13,17H,6-9H2,1H3,(H,27,28). The second-order valence-corrected chi connectivity index (χ2v) is 7.00. The molecule has 8 heteroatoms. The van der Waals surface area contributed by atoms with E-state index in [2.05, 4.69) is 10.2 Å². The highest BCUT2D eigenvalue weighted by molar-refractivity contribution is 5.94. The number of para-hydroxylation sites is 1. The van der Waals surface area contributed by atoms with Crippen LogP contribution in [-0.4, -0.2) is 54.5 Å². The molecule has 4 rings (SSSR count). The van der Waals surface area contributed by atoms with Crippen LogP contribution in [0, 0.1) is 6.92 Å². The molecule has 28 heavy (non-hydrogen) atoms. The number of carbonyl (C=O) groups excluding carboxylic acids is 1. The number of nitrogens with zero attached hydrogens (tertiary/aromatic N) is 5. The number of carbonyl (C=O) groups is 2. The van der Waals surface area contributed by atoms with Gasteiger partial charge in [-0.3, -0.25) is 9.48 Å². The summed E-state index contributed by atoms with van der Waals surface area (Å²) in [7, 11) is 0. The molecule has 0 saturated carbocycles. The van der Waals surface area contributed by atoms with E-state index in [0.29, 0.717) is 18.7 Å². The van der Waals surface area contributed by atoms with Gasteiger partial charge in [-0.25, -0.2) is 9.48 Å². The van der Waals surface area contributed by atoms with E-state index in [0.717, 1.165) is 24.1 Å². The molecule has 0 spiro atoms. The van der Waals surface area contributed by atoms with Crippen molar-refractivity contribution in [2.75, 3.05) is 13.1 Å². The van der Waals surface area contributed by atoms with Gasteiger partial charge in [-0.2, -0.15) is 10.2 Å². The average molecular weight is 379 g/mol. The summed E-state index contributed by atoms with van der Waals surface area (Å²) < 4.78 is 3.42. The number of aromatic carboxylic acids is 1.